The van der Waals surface area contributed by atoms with Crippen LogP contribution in [0.15, 0.2) is 10.2 Å². The number of thiophene rings is 1. The van der Waals surface area contributed by atoms with Crippen LogP contribution in [0.25, 0.3) is 10.2 Å². The van der Waals surface area contributed by atoms with E-state index in [9.17, 15) is 14.7 Å². The van der Waals surface area contributed by atoms with Gasteiger partial charge in [-0.15, -0.1) is 11.3 Å². The molecule has 0 spiro atoms. The average molecular weight is 309 g/mol. The zero-order valence-electron chi connectivity index (χ0n) is 12.6. The lowest BCUT2D eigenvalue weighted by Crippen LogP contribution is -2.25. The molecular formula is C15H19NO4S. The number of rotatable bonds is 4. The summed E-state index contributed by atoms with van der Waals surface area (Å²) in [5.74, 6) is -0.785. The number of aryl methyl sites for hydroxylation is 1. The van der Waals surface area contributed by atoms with E-state index >= 15 is 0 Å². The van der Waals surface area contributed by atoms with Crippen molar-refractivity contribution in [1.82, 2.24) is 4.57 Å². The highest BCUT2D eigenvalue weighted by molar-refractivity contribution is 7.17. The SMILES string of the molecule is CCC(CC)c1csc2c1c(O)c(C(=O)OC)c(=O)n2C. The molecule has 0 aliphatic rings. The van der Waals surface area contributed by atoms with Gasteiger partial charge in [0.1, 0.15) is 10.6 Å². The lowest BCUT2D eigenvalue weighted by Gasteiger charge is -2.14. The first-order valence-corrected chi connectivity index (χ1v) is 7.77. The Labute approximate surface area is 126 Å². The van der Waals surface area contributed by atoms with Gasteiger partial charge in [0.25, 0.3) is 5.56 Å². The summed E-state index contributed by atoms with van der Waals surface area (Å²) in [7, 11) is 2.80. The number of pyridine rings is 1. The summed E-state index contributed by atoms with van der Waals surface area (Å²) in [4.78, 5) is 24.7. The minimum absolute atomic E-state index is 0.261. The molecule has 1 N–H and O–H groups in total. The summed E-state index contributed by atoms with van der Waals surface area (Å²) in [5.41, 5.74) is 0.154. The smallest absolute Gasteiger partial charge is 0.347 e. The van der Waals surface area contributed by atoms with Gasteiger partial charge in [-0.25, -0.2) is 4.79 Å². The fraction of sp³-hybridized carbons (Fsp3) is 0.467. The van der Waals surface area contributed by atoms with Gasteiger partial charge in [-0.1, -0.05) is 13.8 Å². The first kappa shape index (κ1) is 15.6. The molecule has 0 fully saturated rings. The normalized spacial score (nSPS) is 11.3. The number of methoxy groups -OCH3 is 1. The highest BCUT2D eigenvalue weighted by atomic mass is 32.1. The van der Waals surface area contributed by atoms with Gasteiger partial charge in [0.05, 0.1) is 12.5 Å². The van der Waals surface area contributed by atoms with Crippen molar-refractivity contribution in [2.24, 2.45) is 7.05 Å². The number of nitrogens with zero attached hydrogens (tertiary/aromatic N) is 1. The zero-order chi connectivity index (χ0) is 15.7. The van der Waals surface area contributed by atoms with Gasteiger partial charge < -0.3 is 14.4 Å². The monoisotopic (exact) mass is 309 g/mol. The lowest BCUT2D eigenvalue weighted by atomic mass is 9.93. The molecule has 2 rings (SSSR count). The van der Waals surface area contributed by atoms with Crippen molar-refractivity contribution >= 4 is 27.5 Å². The molecule has 6 heteroatoms. The molecule has 0 saturated carbocycles. The van der Waals surface area contributed by atoms with Crippen molar-refractivity contribution in [1.29, 1.82) is 0 Å². The van der Waals surface area contributed by atoms with Crippen LogP contribution in [0.5, 0.6) is 5.75 Å². The summed E-state index contributed by atoms with van der Waals surface area (Å²) in [6, 6.07) is 0. The van der Waals surface area contributed by atoms with Crippen LogP contribution in [-0.2, 0) is 11.8 Å². The molecule has 21 heavy (non-hydrogen) atoms. The van der Waals surface area contributed by atoms with E-state index < -0.39 is 11.5 Å². The van der Waals surface area contributed by atoms with E-state index in [1.54, 1.807) is 7.05 Å². The maximum atomic E-state index is 12.2. The van der Waals surface area contributed by atoms with Crippen LogP contribution in [-0.4, -0.2) is 22.8 Å². The molecule has 0 aliphatic carbocycles. The summed E-state index contributed by atoms with van der Waals surface area (Å²) >= 11 is 1.41. The van der Waals surface area contributed by atoms with Crippen molar-refractivity contribution in [3.05, 3.63) is 26.9 Å². The lowest BCUT2D eigenvalue weighted by molar-refractivity contribution is 0.0595. The molecule has 0 saturated heterocycles. The largest absolute Gasteiger partial charge is 0.506 e. The molecule has 0 bridgehead atoms. The average Bonchev–Trinajstić information content (AvgIpc) is 2.91. The maximum absolute atomic E-state index is 12.2. The van der Waals surface area contributed by atoms with Gasteiger partial charge in [-0.2, -0.15) is 0 Å². The molecule has 114 valence electrons. The third-order valence-corrected chi connectivity index (χ3v) is 4.98. The predicted molar refractivity (Wildman–Crippen MR) is 83.4 cm³/mol. The Kier molecular flexibility index (Phi) is 4.37. The number of hydrogen-bond donors (Lipinski definition) is 1. The Bertz CT molecular complexity index is 740. The number of aromatic nitrogens is 1. The van der Waals surface area contributed by atoms with Crippen molar-refractivity contribution in [3.8, 4) is 5.75 Å². The molecule has 2 aromatic rings. The Hall–Kier alpha value is -1.82. The molecule has 0 aromatic carbocycles. The number of carbonyl (C=O) groups is 1. The molecule has 0 amide bonds. The minimum atomic E-state index is -0.809. The molecule has 2 heterocycles. The van der Waals surface area contributed by atoms with Crippen LogP contribution in [0, 0.1) is 0 Å². The van der Waals surface area contributed by atoms with Crippen LogP contribution >= 0.6 is 11.3 Å². The van der Waals surface area contributed by atoms with Gasteiger partial charge in [0, 0.05) is 7.05 Å². The Balaban J connectivity index is 2.88. The number of aromatic hydroxyl groups is 1. The van der Waals surface area contributed by atoms with Gasteiger partial charge >= 0.3 is 5.97 Å². The molecule has 0 aliphatic heterocycles. The fourth-order valence-corrected chi connectivity index (χ4v) is 3.77. The third-order valence-electron chi connectivity index (χ3n) is 3.91. The number of fused-ring (bicyclic) bond motifs is 1. The van der Waals surface area contributed by atoms with Crippen molar-refractivity contribution in [2.75, 3.05) is 7.11 Å². The summed E-state index contributed by atoms with van der Waals surface area (Å²) in [6.45, 7) is 4.16. The van der Waals surface area contributed by atoms with Crippen molar-refractivity contribution < 1.29 is 14.6 Å². The number of hydrogen-bond acceptors (Lipinski definition) is 5. The molecule has 5 nitrogen and oxygen atoms in total. The molecule has 0 atom stereocenters. The molecular weight excluding hydrogens is 290 g/mol. The van der Waals surface area contributed by atoms with E-state index in [2.05, 4.69) is 18.6 Å². The van der Waals surface area contributed by atoms with Gasteiger partial charge in [-0.05, 0) is 29.7 Å². The molecule has 2 aromatic heterocycles. The van der Waals surface area contributed by atoms with E-state index in [1.165, 1.54) is 23.0 Å². The van der Waals surface area contributed by atoms with Gasteiger partial charge in [0.2, 0.25) is 0 Å². The van der Waals surface area contributed by atoms with Crippen molar-refractivity contribution in [2.45, 2.75) is 32.6 Å². The summed E-state index contributed by atoms with van der Waals surface area (Å²) < 4.78 is 6.02. The fourth-order valence-electron chi connectivity index (χ4n) is 2.65. The van der Waals surface area contributed by atoms with Crippen LogP contribution in [0.2, 0.25) is 0 Å². The van der Waals surface area contributed by atoms with E-state index in [0.717, 1.165) is 18.4 Å². The third kappa shape index (κ3) is 2.33. The van der Waals surface area contributed by atoms with Crippen LogP contribution in [0.1, 0.15) is 48.5 Å². The zero-order valence-corrected chi connectivity index (χ0v) is 13.4. The second-order valence-corrected chi connectivity index (χ2v) is 5.82. The van der Waals surface area contributed by atoms with Gasteiger partial charge in [-0.3, -0.25) is 4.79 Å². The molecule has 0 radical (unpaired) electrons. The van der Waals surface area contributed by atoms with E-state index in [4.69, 9.17) is 0 Å². The second-order valence-electron chi connectivity index (χ2n) is 4.96. The Morgan fingerprint density at radius 3 is 2.57 bits per heavy atom. The summed E-state index contributed by atoms with van der Waals surface area (Å²) in [6.07, 6.45) is 1.86. The first-order valence-electron chi connectivity index (χ1n) is 6.89. The topological polar surface area (TPSA) is 68.5 Å². The number of carbonyl (C=O) groups excluding carboxylic acids is 1. The first-order chi connectivity index (χ1) is 9.97. The van der Waals surface area contributed by atoms with E-state index in [0.29, 0.717) is 10.2 Å². The van der Waals surface area contributed by atoms with E-state index in [1.807, 2.05) is 5.38 Å². The van der Waals surface area contributed by atoms with Crippen LogP contribution in [0.3, 0.4) is 0 Å². The number of esters is 1. The van der Waals surface area contributed by atoms with Gasteiger partial charge in [0.15, 0.2) is 5.56 Å². The predicted octanol–water partition coefficient (Wildman–Crippen LogP) is 3.00. The summed E-state index contributed by atoms with van der Waals surface area (Å²) in [5, 5.41) is 13.0. The highest BCUT2D eigenvalue weighted by Crippen LogP contribution is 2.39. The van der Waals surface area contributed by atoms with Crippen LogP contribution in [0.4, 0.5) is 0 Å². The van der Waals surface area contributed by atoms with Crippen molar-refractivity contribution in [3.63, 3.8) is 0 Å². The quantitative estimate of drug-likeness (QED) is 0.882. The van der Waals surface area contributed by atoms with Crippen LogP contribution < -0.4 is 5.56 Å². The standard InChI is InChI=1S/C15H19NO4S/c1-5-8(6-2)9-7-21-14-10(9)12(17)11(15(19)20-4)13(18)16(14)3/h7-8,17H,5-6H2,1-4H3. The number of ether oxygens (including phenoxy) is 1. The highest BCUT2D eigenvalue weighted by Gasteiger charge is 2.26. The maximum Gasteiger partial charge on any atom is 0.347 e. The Morgan fingerprint density at radius 2 is 2.05 bits per heavy atom. The molecule has 0 unspecified atom stereocenters. The Morgan fingerprint density at radius 1 is 1.43 bits per heavy atom. The van der Waals surface area contributed by atoms with E-state index in [-0.39, 0.29) is 17.2 Å². The minimum Gasteiger partial charge on any atom is -0.506 e. The second kappa shape index (κ2) is 5.89.